The van der Waals surface area contributed by atoms with Crippen LogP contribution in [0.15, 0.2) is 22.2 Å². The van der Waals surface area contributed by atoms with Crippen LogP contribution < -0.4 is 5.73 Å². The molecule has 0 bridgehead atoms. The number of nitrogens with zero attached hydrogens (tertiary/aromatic N) is 4. The molecule has 108 valence electrons. The second kappa shape index (κ2) is 5.93. The van der Waals surface area contributed by atoms with E-state index in [2.05, 4.69) is 54.7 Å². The van der Waals surface area contributed by atoms with Crippen LogP contribution in [0.1, 0.15) is 30.1 Å². The van der Waals surface area contributed by atoms with Crippen LogP contribution in [0.5, 0.6) is 0 Å². The summed E-state index contributed by atoms with van der Waals surface area (Å²) in [6.07, 6.45) is 2.77. The number of hydrogen-bond acceptors (Lipinski definition) is 5. The lowest BCUT2D eigenvalue weighted by molar-refractivity contribution is 0.132. The van der Waals surface area contributed by atoms with Gasteiger partial charge in [-0.15, -0.1) is 21.5 Å². The van der Waals surface area contributed by atoms with Crippen molar-refractivity contribution >= 4 is 27.3 Å². The van der Waals surface area contributed by atoms with E-state index in [1.165, 1.54) is 4.88 Å². The molecule has 2 atom stereocenters. The Balaban J connectivity index is 1.87. The SMILES string of the molecule is CCC(N)C(c1ccc(Br)s1)N1CCn2cnnc2C1. The van der Waals surface area contributed by atoms with Gasteiger partial charge in [0.15, 0.2) is 0 Å². The van der Waals surface area contributed by atoms with E-state index in [1.807, 2.05) is 6.33 Å². The highest BCUT2D eigenvalue weighted by molar-refractivity contribution is 9.11. The van der Waals surface area contributed by atoms with Gasteiger partial charge >= 0.3 is 0 Å². The fourth-order valence-electron chi connectivity index (χ4n) is 2.69. The van der Waals surface area contributed by atoms with Gasteiger partial charge in [-0.05, 0) is 34.5 Å². The molecule has 0 saturated heterocycles. The van der Waals surface area contributed by atoms with E-state index in [-0.39, 0.29) is 12.1 Å². The molecule has 0 saturated carbocycles. The molecule has 2 aromatic heterocycles. The van der Waals surface area contributed by atoms with Gasteiger partial charge < -0.3 is 10.3 Å². The van der Waals surface area contributed by atoms with Crippen LogP contribution in [0.4, 0.5) is 0 Å². The number of aromatic nitrogens is 3. The first-order chi connectivity index (χ1) is 9.69. The van der Waals surface area contributed by atoms with Gasteiger partial charge in [-0.1, -0.05) is 6.92 Å². The van der Waals surface area contributed by atoms with E-state index in [9.17, 15) is 0 Å². The molecule has 2 N–H and O–H groups in total. The maximum absolute atomic E-state index is 6.39. The predicted molar refractivity (Wildman–Crippen MR) is 83.5 cm³/mol. The number of nitrogens with two attached hydrogens (primary N) is 1. The van der Waals surface area contributed by atoms with Crippen molar-refractivity contribution in [3.63, 3.8) is 0 Å². The minimum Gasteiger partial charge on any atom is -0.326 e. The topological polar surface area (TPSA) is 60.0 Å². The molecule has 20 heavy (non-hydrogen) atoms. The molecule has 2 unspecified atom stereocenters. The third kappa shape index (κ3) is 2.67. The Morgan fingerprint density at radius 3 is 3.00 bits per heavy atom. The summed E-state index contributed by atoms with van der Waals surface area (Å²) in [4.78, 5) is 3.75. The van der Waals surface area contributed by atoms with Gasteiger partial charge in [0.1, 0.15) is 12.2 Å². The van der Waals surface area contributed by atoms with Gasteiger partial charge in [-0.3, -0.25) is 4.90 Å². The van der Waals surface area contributed by atoms with E-state index >= 15 is 0 Å². The Morgan fingerprint density at radius 2 is 2.30 bits per heavy atom. The zero-order valence-corrected chi connectivity index (χ0v) is 13.8. The number of hydrogen-bond donors (Lipinski definition) is 1. The molecule has 7 heteroatoms. The van der Waals surface area contributed by atoms with Crippen molar-refractivity contribution in [3.8, 4) is 0 Å². The Labute approximate surface area is 130 Å². The number of rotatable bonds is 4. The molecule has 0 spiro atoms. The van der Waals surface area contributed by atoms with Crippen LogP contribution in [-0.4, -0.2) is 32.3 Å². The third-order valence-corrected chi connectivity index (χ3v) is 5.52. The number of halogens is 1. The second-order valence-corrected chi connectivity index (χ2v) is 7.56. The Morgan fingerprint density at radius 1 is 1.45 bits per heavy atom. The molecule has 1 aliphatic rings. The summed E-state index contributed by atoms with van der Waals surface area (Å²) in [6, 6.07) is 4.66. The van der Waals surface area contributed by atoms with Crippen molar-refractivity contribution in [2.75, 3.05) is 6.54 Å². The second-order valence-electron chi connectivity index (χ2n) is 5.07. The Hall–Kier alpha value is -0.760. The highest BCUT2D eigenvalue weighted by Gasteiger charge is 2.30. The largest absolute Gasteiger partial charge is 0.326 e. The standard InChI is InChI=1S/C13H18BrN5S/c1-2-9(15)13(10-3-4-11(14)20-10)18-5-6-19-8-16-17-12(19)7-18/h3-4,8-9,13H,2,5-7,15H2,1H3. The van der Waals surface area contributed by atoms with E-state index in [1.54, 1.807) is 11.3 Å². The molecule has 0 fully saturated rings. The van der Waals surface area contributed by atoms with E-state index in [4.69, 9.17) is 5.73 Å². The van der Waals surface area contributed by atoms with Crippen molar-refractivity contribution in [2.45, 2.75) is 38.5 Å². The van der Waals surface area contributed by atoms with Crippen molar-refractivity contribution in [3.05, 3.63) is 32.9 Å². The summed E-state index contributed by atoms with van der Waals surface area (Å²) < 4.78 is 3.27. The summed E-state index contributed by atoms with van der Waals surface area (Å²) >= 11 is 5.32. The normalized spacial score (nSPS) is 18.8. The first kappa shape index (κ1) is 14.2. The third-order valence-electron chi connectivity index (χ3n) is 3.82. The minimum absolute atomic E-state index is 0.134. The molecule has 0 aliphatic carbocycles. The molecule has 3 heterocycles. The summed E-state index contributed by atoms with van der Waals surface area (Å²) in [7, 11) is 0. The highest BCUT2D eigenvalue weighted by Crippen LogP contribution is 2.34. The van der Waals surface area contributed by atoms with E-state index < -0.39 is 0 Å². The maximum atomic E-state index is 6.39. The predicted octanol–water partition coefficient (Wildman–Crippen LogP) is 2.40. The van der Waals surface area contributed by atoms with Gasteiger partial charge in [0.25, 0.3) is 0 Å². The van der Waals surface area contributed by atoms with Crippen LogP contribution in [0, 0.1) is 0 Å². The molecular formula is C13H18BrN5S. The lowest BCUT2D eigenvalue weighted by atomic mass is 10.0. The smallest absolute Gasteiger partial charge is 0.147 e. The van der Waals surface area contributed by atoms with Crippen LogP contribution in [0.25, 0.3) is 0 Å². The lowest BCUT2D eigenvalue weighted by Crippen LogP contribution is -2.44. The number of fused-ring (bicyclic) bond motifs is 1. The molecule has 0 aromatic carbocycles. The maximum Gasteiger partial charge on any atom is 0.147 e. The Bertz CT molecular complexity index is 581. The van der Waals surface area contributed by atoms with Crippen LogP contribution >= 0.6 is 27.3 Å². The minimum atomic E-state index is 0.134. The van der Waals surface area contributed by atoms with Gasteiger partial charge in [-0.2, -0.15) is 0 Å². The first-order valence-electron chi connectivity index (χ1n) is 6.80. The van der Waals surface area contributed by atoms with E-state index in [0.29, 0.717) is 0 Å². The molecule has 2 aromatic rings. The zero-order chi connectivity index (χ0) is 14.1. The zero-order valence-electron chi connectivity index (χ0n) is 11.4. The molecule has 1 aliphatic heterocycles. The van der Waals surface area contributed by atoms with Crippen molar-refractivity contribution in [1.82, 2.24) is 19.7 Å². The Kier molecular flexibility index (Phi) is 4.21. The average Bonchev–Trinajstić information content (AvgIpc) is 3.07. The lowest BCUT2D eigenvalue weighted by Gasteiger charge is -2.36. The first-order valence-corrected chi connectivity index (χ1v) is 8.41. The average molecular weight is 356 g/mol. The van der Waals surface area contributed by atoms with Gasteiger partial charge in [0.2, 0.25) is 0 Å². The number of thiophene rings is 1. The summed E-state index contributed by atoms with van der Waals surface area (Å²) in [5, 5.41) is 8.19. The fourth-order valence-corrected chi connectivity index (χ4v) is 4.33. The summed E-state index contributed by atoms with van der Waals surface area (Å²) in [6.45, 7) is 4.88. The quantitative estimate of drug-likeness (QED) is 0.914. The van der Waals surface area contributed by atoms with Crippen LogP contribution in [0.3, 0.4) is 0 Å². The molecular weight excluding hydrogens is 338 g/mol. The van der Waals surface area contributed by atoms with Crippen molar-refractivity contribution in [1.29, 1.82) is 0 Å². The molecule has 0 radical (unpaired) electrons. The molecule has 3 rings (SSSR count). The monoisotopic (exact) mass is 355 g/mol. The fraction of sp³-hybridized carbons (Fsp3) is 0.538. The van der Waals surface area contributed by atoms with Gasteiger partial charge in [0.05, 0.1) is 16.4 Å². The molecule has 5 nitrogen and oxygen atoms in total. The van der Waals surface area contributed by atoms with Crippen LogP contribution in [0.2, 0.25) is 0 Å². The van der Waals surface area contributed by atoms with Crippen LogP contribution in [-0.2, 0) is 13.1 Å². The van der Waals surface area contributed by atoms with Gasteiger partial charge in [0, 0.05) is 24.0 Å². The summed E-state index contributed by atoms with van der Waals surface area (Å²) in [5.74, 6) is 1.03. The highest BCUT2D eigenvalue weighted by atomic mass is 79.9. The van der Waals surface area contributed by atoms with Gasteiger partial charge in [-0.25, -0.2) is 0 Å². The summed E-state index contributed by atoms with van der Waals surface area (Å²) in [5.41, 5.74) is 6.39. The van der Waals surface area contributed by atoms with E-state index in [0.717, 1.165) is 35.7 Å². The van der Waals surface area contributed by atoms with Crippen molar-refractivity contribution in [2.24, 2.45) is 5.73 Å². The van der Waals surface area contributed by atoms with Crippen molar-refractivity contribution < 1.29 is 0 Å². The molecule has 0 amide bonds.